The molecule has 1 heterocycles. The Kier molecular flexibility index (Phi) is 12.1. The molecule has 0 bridgehead atoms. The van der Waals surface area contributed by atoms with E-state index in [0.717, 1.165) is 16.9 Å². The van der Waals surface area contributed by atoms with E-state index in [2.05, 4.69) is 4.52 Å². The smallest absolute Gasteiger partial charge is 0.472 e. The quantitative estimate of drug-likeness (QED) is 0.116. The predicted octanol–water partition coefficient (Wildman–Crippen LogP) is 4.40. The van der Waals surface area contributed by atoms with Gasteiger partial charge in [0.05, 0.1) is 13.2 Å². The van der Waals surface area contributed by atoms with E-state index in [1.807, 2.05) is 78.9 Å². The van der Waals surface area contributed by atoms with Crippen molar-refractivity contribution in [2.24, 2.45) is 5.73 Å². The Hall–Kier alpha value is -4.03. The van der Waals surface area contributed by atoms with Crippen LogP contribution in [0.5, 0.6) is 17.2 Å². The molecule has 3 aromatic carbocycles. The van der Waals surface area contributed by atoms with Crippen LogP contribution < -0.4 is 15.2 Å². The summed E-state index contributed by atoms with van der Waals surface area (Å²) < 4.78 is 44.9. The number of aryl methyl sites for hydroxylation is 1. The number of ether oxygens (including phenoxy) is 4. The molecule has 13 heteroatoms. The maximum absolute atomic E-state index is 12.6. The first-order valence-electron chi connectivity index (χ1n) is 13.8. The Bertz CT molecular complexity index is 1470. The molecule has 4 atom stereocenters. The summed E-state index contributed by atoms with van der Waals surface area (Å²) in [5.41, 5.74) is 7.02. The minimum atomic E-state index is -4.68. The van der Waals surface area contributed by atoms with Crippen LogP contribution in [-0.2, 0) is 45.7 Å². The lowest BCUT2D eigenvalue weighted by molar-refractivity contribution is -0.150. The third-order valence-corrected chi connectivity index (χ3v) is 7.32. The van der Waals surface area contributed by atoms with Gasteiger partial charge in [-0.15, -0.1) is 0 Å². The second kappa shape index (κ2) is 16.2. The maximum Gasteiger partial charge on any atom is 0.472 e. The minimum absolute atomic E-state index is 0.0452. The standard InChI is InChI=1S/C31H34NO11P/c32-26(31(34)35)20-41-44(36,37)43-28-14-7-17-38-29(28)21-40-30(33)16-15-23-9-4-5-13-27(23)39-19-22-8-6-12-25(18-22)42-24-10-2-1-3-11-24/h1-14,18,26,28-29H,15-17,19-21,32H2,(H,34,35)(H,36,37)/t26-,28+,29-/m0/s1. The third kappa shape index (κ3) is 10.6. The first kappa shape index (κ1) is 32.9. The number of aliphatic carboxylic acids is 1. The number of phosphoric ester groups is 1. The van der Waals surface area contributed by atoms with Crippen molar-refractivity contribution in [2.45, 2.75) is 37.7 Å². The summed E-state index contributed by atoms with van der Waals surface area (Å²) >= 11 is 0. The molecule has 0 spiro atoms. The number of benzene rings is 3. The Morgan fingerprint density at radius 3 is 2.57 bits per heavy atom. The summed E-state index contributed by atoms with van der Waals surface area (Å²) in [7, 11) is -4.68. The highest BCUT2D eigenvalue weighted by Crippen LogP contribution is 2.45. The summed E-state index contributed by atoms with van der Waals surface area (Å²) in [6.07, 6.45) is 1.46. The van der Waals surface area contributed by atoms with Gasteiger partial charge >= 0.3 is 19.8 Å². The van der Waals surface area contributed by atoms with Crippen molar-refractivity contribution in [2.75, 3.05) is 19.8 Å². The van der Waals surface area contributed by atoms with Crippen molar-refractivity contribution in [1.29, 1.82) is 0 Å². The van der Waals surface area contributed by atoms with Crippen molar-refractivity contribution in [3.05, 3.63) is 102 Å². The highest BCUT2D eigenvalue weighted by Gasteiger charge is 2.34. The highest BCUT2D eigenvalue weighted by molar-refractivity contribution is 7.47. The number of carboxylic acids is 1. The average molecular weight is 628 g/mol. The van der Waals surface area contributed by atoms with Gasteiger partial charge in [0.25, 0.3) is 0 Å². The van der Waals surface area contributed by atoms with Crippen LogP contribution in [0, 0.1) is 0 Å². The minimum Gasteiger partial charge on any atom is -0.489 e. The van der Waals surface area contributed by atoms with Crippen LogP contribution in [0.2, 0.25) is 0 Å². The SMILES string of the molecule is N[C@@H](COP(=O)(O)O[C@@H]1C=CCO[C@H]1COC(=O)CCc1ccccc1OCc1cccc(Oc2ccccc2)c1)C(=O)O. The Balaban J connectivity index is 1.25. The van der Waals surface area contributed by atoms with Crippen molar-refractivity contribution >= 4 is 19.8 Å². The van der Waals surface area contributed by atoms with Gasteiger partial charge in [-0.3, -0.25) is 18.6 Å². The predicted molar refractivity (Wildman–Crippen MR) is 158 cm³/mol. The number of phosphoric acid groups is 1. The van der Waals surface area contributed by atoms with Crippen molar-refractivity contribution in [3.63, 3.8) is 0 Å². The molecule has 1 aliphatic heterocycles. The number of carbonyl (C=O) groups is 2. The number of esters is 1. The van der Waals surface area contributed by atoms with Crippen molar-refractivity contribution < 1.29 is 52.1 Å². The first-order valence-corrected chi connectivity index (χ1v) is 15.3. The molecular weight excluding hydrogens is 593 g/mol. The van der Waals surface area contributed by atoms with E-state index in [0.29, 0.717) is 24.5 Å². The van der Waals surface area contributed by atoms with Crippen LogP contribution in [0.4, 0.5) is 0 Å². The largest absolute Gasteiger partial charge is 0.489 e. The summed E-state index contributed by atoms with van der Waals surface area (Å²) in [5, 5.41) is 8.81. The van der Waals surface area contributed by atoms with Gasteiger partial charge in [0.2, 0.25) is 0 Å². The zero-order valence-corrected chi connectivity index (χ0v) is 24.6. The molecule has 0 aromatic heterocycles. The van der Waals surface area contributed by atoms with Gasteiger partial charge in [0, 0.05) is 6.42 Å². The average Bonchev–Trinajstić information content (AvgIpc) is 3.02. The van der Waals surface area contributed by atoms with Crippen LogP contribution >= 0.6 is 7.82 Å². The lowest BCUT2D eigenvalue weighted by atomic mass is 10.1. The van der Waals surface area contributed by atoms with Crippen molar-refractivity contribution in [3.8, 4) is 17.2 Å². The summed E-state index contributed by atoms with van der Waals surface area (Å²) in [4.78, 5) is 33.4. The Morgan fingerprint density at radius 2 is 1.77 bits per heavy atom. The van der Waals surface area contributed by atoms with Gasteiger partial charge in [-0.25, -0.2) is 4.57 Å². The van der Waals surface area contributed by atoms with Gasteiger partial charge in [-0.2, -0.15) is 0 Å². The molecule has 0 saturated carbocycles. The second-order valence-corrected chi connectivity index (χ2v) is 11.1. The maximum atomic E-state index is 12.6. The molecule has 44 heavy (non-hydrogen) atoms. The third-order valence-electron chi connectivity index (χ3n) is 6.34. The molecule has 3 aromatic rings. The van der Waals surface area contributed by atoms with Gasteiger partial charge in [0.15, 0.2) is 0 Å². The number of nitrogens with two attached hydrogens (primary N) is 1. The van der Waals surface area contributed by atoms with Gasteiger partial charge in [-0.05, 0) is 47.9 Å². The van der Waals surface area contributed by atoms with E-state index in [1.165, 1.54) is 6.08 Å². The zero-order valence-electron chi connectivity index (χ0n) is 23.7. The molecule has 0 amide bonds. The molecule has 234 valence electrons. The van der Waals surface area contributed by atoms with Crippen LogP contribution in [0.3, 0.4) is 0 Å². The topological polar surface area (TPSA) is 173 Å². The number of hydrogen-bond acceptors (Lipinski definition) is 10. The van der Waals surface area contributed by atoms with E-state index in [9.17, 15) is 19.0 Å². The number of carbonyl (C=O) groups excluding carboxylic acids is 1. The van der Waals surface area contributed by atoms with Gasteiger partial charge < -0.3 is 34.7 Å². The molecule has 0 saturated heterocycles. The number of hydrogen-bond donors (Lipinski definition) is 3. The fourth-order valence-corrected chi connectivity index (χ4v) is 5.01. The van der Waals surface area contributed by atoms with E-state index in [1.54, 1.807) is 6.08 Å². The Labute approximate surface area is 254 Å². The van der Waals surface area contributed by atoms with Crippen LogP contribution in [0.25, 0.3) is 0 Å². The summed E-state index contributed by atoms with van der Waals surface area (Å²) in [6.45, 7) is -0.515. The highest BCUT2D eigenvalue weighted by atomic mass is 31.2. The fourth-order valence-electron chi connectivity index (χ4n) is 4.08. The molecule has 0 aliphatic carbocycles. The monoisotopic (exact) mass is 627 g/mol. The molecule has 1 unspecified atom stereocenters. The van der Waals surface area contributed by atoms with E-state index < -0.39 is 44.6 Å². The van der Waals surface area contributed by atoms with E-state index >= 15 is 0 Å². The van der Waals surface area contributed by atoms with Crippen LogP contribution in [0.15, 0.2) is 91.0 Å². The molecule has 0 radical (unpaired) electrons. The van der Waals surface area contributed by atoms with E-state index in [4.69, 9.17) is 34.3 Å². The number of rotatable bonds is 16. The van der Waals surface area contributed by atoms with Crippen molar-refractivity contribution in [1.82, 2.24) is 0 Å². The second-order valence-electron chi connectivity index (χ2n) is 9.72. The summed E-state index contributed by atoms with van der Waals surface area (Å²) in [5.74, 6) is 0.140. The Morgan fingerprint density at radius 1 is 1.02 bits per heavy atom. The fraction of sp³-hybridized carbons (Fsp3) is 0.290. The molecule has 4 rings (SSSR count). The molecular formula is C31H34NO11P. The zero-order chi connectivity index (χ0) is 31.4. The molecule has 12 nitrogen and oxygen atoms in total. The number of para-hydroxylation sites is 2. The normalized spacial score (nSPS) is 18.1. The lowest BCUT2D eigenvalue weighted by Gasteiger charge is -2.28. The van der Waals surface area contributed by atoms with Crippen LogP contribution in [-0.4, -0.2) is 60.0 Å². The summed E-state index contributed by atoms with van der Waals surface area (Å²) in [6, 6.07) is 23.0. The molecule has 1 aliphatic rings. The van der Waals surface area contributed by atoms with Gasteiger partial charge in [0.1, 0.15) is 48.7 Å². The lowest BCUT2D eigenvalue weighted by Crippen LogP contribution is -2.38. The molecule has 0 fully saturated rings. The number of carboxylic acid groups (broad SMARTS) is 1. The van der Waals surface area contributed by atoms with Crippen LogP contribution in [0.1, 0.15) is 17.5 Å². The van der Waals surface area contributed by atoms with E-state index in [-0.39, 0.29) is 19.6 Å². The first-order chi connectivity index (χ1) is 21.2. The molecule has 4 N–H and O–H groups in total. The van der Waals surface area contributed by atoms with Gasteiger partial charge in [-0.1, -0.05) is 60.7 Å².